The van der Waals surface area contributed by atoms with Crippen molar-refractivity contribution in [2.75, 3.05) is 7.11 Å². The normalized spacial score (nSPS) is 10.8. The van der Waals surface area contributed by atoms with Crippen LogP contribution in [0.2, 0.25) is 0 Å². The average molecular weight is 345 g/mol. The van der Waals surface area contributed by atoms with Gasteiger partial charge in [0.05, 0.1) is 23.9 Å². The molecule has 0 fully saturated rings. The van der Waals surface area contributed by atoms with Crippen molar-refractivity contribution >= 4 is 32.8 Å². The molecule has 0 aliphatic heterocycles. The number of carbonyl (C=O) groups is 1. The Labute approximate surface area is 130 Å². The van der Waals surface area contributed by atoms with Gasteiger partial charge in [-0.1, -0.05) is 23.8 Å². The van der Waals surface area contributed by atoms with Gasteiger partial charge in [0.2, 0.25) is 0 Å². The van der Waals surface area contributed by atoms with Crippen LogP contribution in [0.25, 0.3) is 16.6 Å². The Morgan fingerprint density at radius 2 is 2.00 bits per heavy atom. The Morgan fingerprint density at radius 3 is 2.76 bits per heavy atom. The predicted octanol–water partition coefficient (Wildman–Crippen LogP) is 3.88. The third kappa shape index (κ3) is 2.34. The van der Waals surface area contributed by atoms with Gasteiger partial charge in [0, 0.05) is 5.39 Å². The molecular formula is C16H13BrN2O2. The molecule has 0 radical (unpaired) electrons. The van der Waals surface area contributed by atoms with Crippen molar-refractivity contribution in [2.45, 2.75) is 6.92 Å². The molecule has 0 atom stereocenters. The number of nitrogens with zero attached hydrogens (tertiary/aromatic N) is 2. The summed E-state index contributed by atoms with van der Waals surface area (Å²) < 4.78 is 7.37. The maximum absolute atomic E-state index is 11.9. The molecule has 0 bridgehead atoms. The maximum Gasteiger partial charge on any atom is 0.340 e. The number of fused-ring (bicyclic) bond motifs is 1. The number of ether oxygens (including phenoxy) is 1. The van der Waals surface area contributed by atoms with E-state index in [-0.39, 0.29) is 5.97 Å². The number of hydrogen-bond acceptors (Lipinski definition) is 3. The summed E-state index contributed by atoms with van der Waals surface area (Å²) in [6.45, 7) is 2.03. The smallest absolute Gasteiger partial charge is 0.340 e. The van der Waals surface area contributed by atoms with Crippen molar-refractivity contribution in [1.82, 2.24) is 9.78 Å². The molecule has 2 aromatic carbocycles. The molecule has 5 heteroatoms. The number of aromatic nitrogens is 2. The highest BCUT2D eigenvalue weighted by Crippen LogP contribution is 2.28. The van der Waals surface area contributed by atoms with Gasteiger partial charge in [0.1, 0.15) is 4.60 Å². The Kier molecular flexibility index (Phi) is 3.51. The fourth-order valence-electron chi connectivity index (χ4n) is 2.27. The number of halogens is 1. The maximum atomic E-state index is 11.9. The molecule has 106 valence electrons. The minimum atomic E-state index is -0.381. The van der Waals surface area contributed by atoms with Crippen LogP contribution in [0.5, 0.6) is 0 Å². The second kappa shape index (κ2) is 5.33. The predicted molar refractivity (Wildman–Crippen MR) is 84.8 cm³/mol. The fourth-order valence-corrected chi connectivity index (χ4v) is 2.86. The number of methoxy groups -OCH3 is 1. The van der Waals surface area contributed by atoms with Gasteiger partial charge in [-0.25, -0.2) is 9.48 Å². The second-order valence-electron chi connectivity index (χ2n) is 4.73. The Bertz CT molecular complexity index is 839. The zero-order valence-electron chi connectivity index (χ0n) is 11.6. The van der Waals surface area contributed by atoms with Gasteiger partial charge in [0.25, 0.3) is 0 Å². The number of rotatable bonds is 2. The van der Waals surface area contributed by atoms with Crippen LogP contribution in [-0.4, -0.2) is 22.9 Å². The van der Waals surface area contributed by atoms with Crippen molar-refractivity contribution in [3.8, 4) is 5.69 Å². The molecule has 0 spiro atoms. The third-order valence-electron chi connectivity index (χ3n) is 3.31. The van der Waals surface area contributed by atoms with Crippen LogP contribution in [0.1, 0.15) is 15.9 Å². The molecule has 0 saturated carbocycles. The van der Waals surface area contributed by atoms with Gasteiger partial charge in [-0.2, -0.15) is 5.10 Å². The number of para-hydroxylation sites is 1. The first kappa shape index (κ1) is 13.8. The third-order valence-corrected chi connectivity index (χ3v) is 4.07. The summed E-state index contributed by atoms with van der Waals surface area (Å²) in [5, 5.41) is 5.57. The standard InChI is InChI=1S/C16H13BrN2O2/c1-10-7-8-13-12(9-10)15(17)19(18-13)14-6-4-3-5-11(14)16(20)21-2/h3-9H,1-2H3. The van der Waals surface area contributed by atoms with Crippen LogP contribution < -0.4 is 0 Å². The quantitative estimate of drug-likeness (QED) is 0.662. The first-order valence-electron chi connectivity index (χ1n) is 6.44. The largest absolute Gasteiger partial charge is 0.465 e. The van der Waals surface area contributed by atoms with Crippen LogP contribution in [0, 0.1) is 6.92 Å². The van der Waals surface area contributed by atoms with Gasteiger partial charge >= 0.3 is 5.97 Å². The molecule has 0 amide bonds. The number of benzene rings is 2. The molecule has 1 aromatic heterocycles. The minimum Gasteiger partial charge on any atom is -0.465 e. The SMILES string of the molecule is COC(=O)c1ccccc1-n1nc2ccc(C)cc2c1Br. The Hall–Kier alpha value is -2.14. The minimum absolute atomic E-state index is 0.381. The van der Waals surface area contributed by atoms with E-state index in [4.69, 9.17) is 4.74 Å². The van der Waals surface area contributed by atoms with Crippen LogP contribution in [-0.2, 0) is 4.74 Å². The topological polar surface area (TPSA) is 44.1 Å². The molecular weight excluding hydrogens is 332 g/mol. The fraction of sp³-hybridized carbons (Fsp3) is 0.125. The van der Waals surface area contributed by atoms with E-state index in [1.165, 1.54) is 7.11 Å². The first-order valence-corrected chi connectivity index (χ1v) is 7.23. The van der Waals surface area contributed by atoms with Gasteiger partial charge in [-0.05, 0) is 47.1 Å². The molecule has 0 unspecified atom stereocenters. The number of carbonyl (C=O) groups excluding carboxylic acids is 1. The zero-order valence-corrected chi connectivity index (χ0v) is 13.2. The highest BCUT2D eigenvalue weighted by Gasteiger charge is 2.17. The summed E-state index contributed by atoms with van der Waals surface area (Å²) >= 11 is 3.58. The summed E-state index contributed by atoms with van der Waals surface area (Å²) in [6.07, 6.45) is 0. The lowest BCUT2D eigenvalue weighted by Gasteiger charge is -2.08. The molecule has 3 aromatic rings. The molecule has 0 saturated heterocycles. The summed E-state index contributed by atoms with van der Waals surface area (Å²) in [6, 6.07) is 13.3. The van der Waals surface area contributed by atoms with E-state index in [0.29, 0.717) is 11.3 Å². The van der Waals surface area contributed by atoms with E-state index in [1.807, 2.05) is 31.2 Å². The zero-order chi connectivity index (χ0) is 15.0. The van der Waals surface area contributed by atoms with Crippen molar-refractivity contribution in [1.29, 1.82) is 0 Å². The highest BCUT2D eigenvalue weighted by atomic mass is 79.9. The van der Waals surface area contributed by atoms with Gasteiger partial charge in [0.15, 0.2) is 0 Å². The van der Waals surface area contributed by atoms with Gasteiger partial charge < -0.3 is 4.74 Å². The average Bonchev–Trinajstić information content (AvgIpc) is 2.83. The van der Waals surface area contributed by atoms with Crippen molar-refractivity contribution < 1.29 is 9.53 Å². The van der Waals surface area contributed by atoms with Crippen LogP contribution in [0.15, 0.2) is 47.1 Å². The summed E-state index contributed by atoms with van der Waals surface area (Å²) in [4.78, 5) is 11.9. The Morgan fingerprint density at radius 1 is 1.24 bits per heavy atom. The summed E-state index contributed by atoms with van der Waals surface area (Å²) in [5.74, 6) is -0.381. The van der Waals surface area contributed by atoms with Crippen LogP contribution in [0.3, 0.4) is 0 Å². The lowest BCUT2D eigenvalue weighted by Crippen LogP contribution is -2.08. The molecule has 21 heavy (non-hydrogen) atoms. The van der Waals surface area contributed by atoms with E-state index in [9.17, 15) is 4.79 Å². The van der Waals surface area contributed by atoms with E-state index < -0.39 is 0 Å². The lowest BCUT2D eigenvalue weighted by atomic mass is 10.2. The molecule has 0 aliphatic carbocycles. The van der Waals surface area contributed by atoms with E-state index in [1.54, 1.807) is 16.8 Å². The number of aryl methyl sites for hydroxylation is 1. The van der Waals surface area contributed by atoms with Crippen molar-refractivity contribution in [3.05, 3.63) is 58.2 Å². The number of hydrogen-bond donors (Lipinski definition) is 0. The molecule has 1 heterocycles. The van der Waals surface area contributed by atoms with Crippen molar-refractivity contribution in [3.63, 3.8) is 0 Å². The second-order valence-corrected chi connectivity index (χ2v) is 5.48. The first-order chi connectivity index (χ1) is 10.1. The van der Waals surface area contributed by atoms with E-state index in [2.05, 4.69) is 27.1 Å². The van der Waals surface area contributed by atoms with Crippen molar-refractivity contribution in [2.24, 2.45) is 0 Å². The van der Waals surface area contributed by atoms with E-state index in [0.717, 1.165) is 21.1 Å². The summed E-state index contributed by atoms with van der Waals surface area (Å²) in [7, 11) is 1.37. The van der Waals surface area contributed by atoms with Gasteiger partial charge in [-0.3, -0.25) is 0 Å². The van der Waals surface area contributed by atoms with Gasteiger partial charge in [-0.15, -0.1) is 0 Å². The molecule has 0 aliphatic rings. The lowest BCUT2D eigenvalue weighted by molar-refractivity contribution is 0.0600. The monoisotopic (exact) mass is 344 g/mol. The summed E-state index contributed by atoms with van der Waals surface area (Å²) in [5.41, 5.74) is 3.19. The number of esters is 1. The van der Waals surface area contributed by atoms with Crippen LogP contribution >= 0.6 is 15.9 Å². The molecule has 4 nitrogen and oxygen atoms in total. The highest BCUT2D eigenvalue weighted by molar-refractivity contribution is 9.10. The molecule has 3 rings (SSSR count). The molecule has 0 N–H and O–H groups in total. The van der Waals surface area contributed by atoms with Crippen LogP contribution in [0.4, 0.5) is 0 Å². The van der Waals surface area contributed by atoms with E-state index >= 15 is 0 Å². The Balaban J connectivity index is 2.26.